The van der Waals surface area contributed by atoms with Crippen molar-refractivity contribution in [2.24, 2.45) is 5.92 Å². The van der Waals surface area contributed by atoms with Gasteiger partial charge in [-0.2, -0.15) is 0 Å². The molecule has 1 N–H and O–H groups in total. The highest BCUT2D eigenvalue weighted by molar-refractivity contribution is 4.89. The summed E-state index contributed by atoms with van der Waals surface area (Å²) in [7, 11) is 1.79. The second-order valence-electron chi connectivity index (χ2n) is 5.61. The number of methoxy groups -OCH3 is 1. The summed E-state index contributed by atoms with van der Waals surface area (Å²) in [6.07, 6.45) is 8.10. The zero-order chi connectivity index (χ0) is 11.9. The lowest BCUT2D eigenvalue weighted by Crippen LogP contribution is -2.39. The van der Waals surface area contributed by atoms with E-state index in [-0.39, 0.29) is 0 Å². The van der Waals surface area contributed by atoms with E-state index >= 15 is 0 Å². The second-order valence-corrected chi connectivity index (χ2v) is 5.61. The van der Waals surface area contributed by atoms with Gasteiger partial charge in [-0.25, -0.2) is 0 Å². The quantitative estimate of drug-likeness (QED) is 0.688. The third kappa shape index (κ3) is 4.94. The van der Waals surface area contributed by atoms with Crippen LogP contribution in [0, 0.1) is 5.92 Å². The lowest BCUT2D eigenvalue weighted by atomic mass is 10.1. The standard InChI is InChI=1S/C14H28N2O/c1-17-11-4-2-3-9-16-10-5-8-15-14(12-16)13-6-7-13/h13-15H,2-12H2,1H3. The first kappa shape index (κ1) is 13.3. The Morgan fingerprint density at radius 3 is 2.88 bits per heavy atom. The molecule has 0 amide bonds. The molecule has 100 valence electrons. The van der Waals surface area contributed by atoms with Gasteiger partial charge in [0.25, 0.3) is 0 Å². The maximum atomic E-state index is 5.09. The molecule has 0 aromatic carbocycles. The largest absolute Gasteiger partial charge is 0.385 e. The van der Waals surface area contributed by atoms with Crippen LogP contribution in [0.15, 0.2) is 0 Å². The Balaban J connectivity index is 1.60. The van der Waals surface area contributed by atoms with Gasteiger partial charge in [0, 0.05) is 26.3 Å². The summed E-state index contributed by atoms with van der Waals surface area (Å²) in [6, 6.07) is 0.788. The van der Waals surface area contributed by atoms with Crippen LogP contribution in [0.5, 0.6) is 0 Å². The minimum Gasteiger partial charge on any atom is -0.385 e. The molecule has 2 aliphatic rings. The Kier molecular flexibility index (Phi) is 5.75. The van der Waals surface area contributed by atoms with Crippen LogP contribution in [0.3, 0.4) is 0 Å². The van der Waals surface area contributed by atoms with E-state index in [9.17, 15) is 0 Å². The van der Waals surface area contributed by atoms with Gasteiger partial charge in [-0.3, -0.25) is 0 Å². The fraction of sp³-hybridized carbons (Fsp3) is 1.00. The lowest BCUT2D eigenvalue weighted by molar-refractivity contribution is 0.188. The van der Waals surface area contributed by atoms with Crippen LogP contribution in [0.25, 0.3) is 0 Å². The number of nitrogens with one attached hydrogen (secondary N) is 1. The fourth-order valence-corrected chi connectivity index (χ4v) is 2.80. The Morgan fingerprint density at radius 2 is 2.12 bits per heavy atom. The van der Waals surface area contributed by atoms with Gasteiger partial charge in [0.15, 0.2) is 0 Å². The minimum atomic E-state index is 0.788. The number of rotatable bonds is 7. The summed E-state index contributed by atoms with van der Waals surface area (Å²) >= 11 is 0. The maximum Gasteiger partial charge on any atom is 0.0462 e. The van der Waals surface area contributed by atoms with Crippen molar-refractivity contribution in [1.82, 2.24) is 10.2 Å². The van der Waals surface area contributed by atoms with E-state index in [4.69, 9.17) is 4.74 Å². The van der Waals surface area contributed by atoms with Crippen LogP contribution in [-0.4, -0.2) is 50.8 Å². The van der Waals surface area contributed by atoms with Gasteiger partial charge in [0.1, 0.15) is 0 Å². The van der Waals surface area contributed by atoms with Crippen molar-refractivity contribution in [3.05, 3.63) is 0 Å². The summed E-state index contributed by atoms with van der Waals surface area (Å²) < 4.78 is 5.09. The zero-order valence-electron chi connectivity index (χ0n) is 11.3. The first-order chi connectivity index (χ1) is 8.40. The van der Waals surface area contributed by atoms with Crippen LogP contribution in [-0.2, 0) is 4.74 Å². The highest BCUT2D eigenvalue weighted by Gasteiger charge is 2.32. The molecule has 3 nitrogen and oxygen atoms in total. The molecular weight excluding hydrogens is 212 g/mol. The molecule has 2 fully saturated rings. The van der Waals surface area contributed by atoms with Gasteiger partial charge < -0.3 is 15.0 Å². The van der Waals surface area contributed by atoms with E-state index < -0.39 is 0 Å². The monoisotopic (exact) mass is 240 g/mol. The number of ether oxygens (including phenoxy) is 1. The van der Waals surface area contributed by atoms with Gasteiger partial charge in [-0.05, 0) is 64.1 Å². The van der Waals surface area contributed by atoms with E-state index in [1.165, 1.54) is 64.7 Å². The third-order valence-corrected chi connectivity index (χ3v) is 4.03. The number of hydrogen-bond acceptors (Lipinski definition) is 3. The zero-order valence-corrected chi connectivity index (χ0v) is 11.3. The highest BCUT2D eigenvalue weighted by Crippen LogP contribution is 2.33. The molecule has 0 aromatic heterocycles. The summed E-state index contributed by atoms with van der Waals surface area (Å²) in [5, 5.41) is 3.72. The summed E-state index contributed by atoms with van der Waals surface area (Å²) in [4.78, 5) is 2.68. The topological polar surface area (TPSA) is 24.5 Å². The molecule has 0 aromatic rings. The molecule has 3 heteroatoms. The van der Waals surface area contributed by atoms with Gasteiger partial charge >= 0.3 is 0 Å². The molecule has 1 saturated carbocycles. The molecule has 0 radical (unpaired) electrons. The first-order valence-electron chi connectivity index (χ1n) is 7.35. The van der Waals surface area contributed by atoms with Gasteiger partial charge in [0.05, 0.1) is 0 Å². The predicted molar refractivity (Wildman–Crippen MR) is 71.3 cm³/mol. The molecule has 0 spiro atoms. The normalized spacial score (nSPS) is 27.0. The smallest absolute Gasteiger partial charge is 0.0462 e. The maximum absolute atomic E-state index is 5.09. The predicted octanol–water partition coefficient (Wildman–Crippen LogP) is 1.88. The van der Waals surface area contributed by atoms with Crippen LogP contribution in [0.1, 0.15) is 38.5 Å². The van der Waals surface area contributed by atoms with Crippen molar-refractivity contribution < 1.29 is 4.74 Å². The Morgan fingerprint density at radius 1 is 1.24 bits per heavy atom. The lowest BCUT2D eigenvalue weighted by Gasteiger charge is -2.24. The number of nitrogens with zero attached hydrogens (tertiary/aromatic N) is 1. The van der Waals surface area contributed by atoms with E-state index in [1.807, 2.05) is 0 Å². The van der Waals surface area contributed by atoms with Crippen molar-refractivity contribution >= 4 is 0 Å². The SMILES string of the molecule is COCCCCCN1CCCNC(C2CC2)C1. The molecular formula is C14H28N2O. The average Bonchev–Trinajstić information content (AvgIpc) is 3.15. The van der Waals surface area contributed by atoms with Crippen LogP contribution in [0.2, 0.25) is 0 Å². The highest BCUT2D eigenvalue weighted by atomic mass is 16.5. The van der Waals surface area contributed by atoms with Gasteiger partial charge in [-0.15, -0.1) is 0 Å². The van der Waals surface area contributed by atoms with Crippen molar-refractivity contribution in [2.45, 2.75) is 44.6 Å². The molecule has 1 unspecified atom stereocenters. The molecule has 17 heavy (non-hydrogen) atoms. The van der Waals surface area contributed by atoms with E-state index in [0.29, 0.717) is 0 Å². The Labute approximate surface area is 106 Å². The Hall–Kier alpha value is -0.120. The van der Waals surface area contributed by atoms with Crippen molar-refractivity contribution in [3.8, 4) is 0 Å². The van der Waals surface area contributed by atoms with Crippen molar-refractivity contribution in [1.29, 1.82) is 0 Å². The molecule has 1 heterocycles. The van der Waals surface area contributed by atoms with Crippen LogP contribution >= 0.6 is 0 Å². The fourth-order valence-electron chi connectivity index (χ4n) is 2.80. The van der Waals surface area contributed by atoms with E-state index in [0.717, 1.165) is 18.6 Å². The molecule has 2 rings (SSSR count). The molecule has 1 atom stereocenters. The summed E-state index contributed by atoms with van der Waals surface area (Å²) in [5.74, 6) is 0.990. The Bertz CT molecular complexity index is 206. The summed E-state index contributed by atoms with van der Waals surface area (Å²) in [6.45, 7) is 6.01. The number of unbranched alkanes of at least 4 members (excludes halogenated alkanes) is 2. The average molecular weight is 240 g/mol. The van der Waals surface area contributed by atoms with Gasteiger partial charge in [0.2, 0.25) is 0 Å². The summed E-state index contributed by atoms with van der Waals surface area (Å²) in [5.41, 5.74) is 0. The molecule has 1 aliphatic heterocycles. The number of hydrogen-bond donors (Lipinski definition) is 1. The first-order valence-corrected chi connectivity index (χ1v) is 7.35. The van der Waals surface area contributed by atoms with E-state index in [1.54, 1.807) is 7.11 Å². The van der Waals surface area contributed by atoms with Crippen molar-refractivity contribution in [2.75, 3.05) is 39.9 Å². The third-order valence-electron chi connectivity index (χ3n) is 4.03. The van der Waals surface area contributed by atoms with Crippen molar-refractivity contribution in [3.63, 3.8) is 0 Å². The van der Waals surface area contributed by atoms with Crippen LogP contribution < -0.4 is 5.32 Å². The van der Waals surface area contributed by atoms with Gasteiger partial charge in [-0.1, -0.05) is 0 Å². The van der Waals surface area contributed by atoms with Crippen LogP contribution in [0.4, 0.5) is 0 Å². The van der Waals surface area contributed by atoms with E-state index in [2.05, 4.69) is 10.2 Å². The molecule has 1 aliphatic carbocycles. The minimum absolute atomic E-state index is 0.788. The molecule has 1 saturated heterocycles. The second kappa shape index (κ2) is 7.34. The molecule has 0 bridgehead atoms.